The number of rotatable bonds is 7. The van der Waals surface area contributed by atoms with E-state index in [-0.39, 0.29) is 12.5 Å². The number of hydrogen-bond donors (Lipinski definition) is 3. The minimum atomic E-state index is -0.518. The minimum Gasteiger partial charge on any atom is -0.383 e. The Morgan fingerprint density at radius 2 is 1.95 bits per heavy atom. The Balaban J connectivity index is 2.41. The molecular weight excluding hydrogens is 270 g/mol. The lowest BCUT2D eigenvalue weighted by atomic mass is 10.0. The fraction of sp³-hybridized carbons (Fsp3) is 0.467. The number of hydrogen-bond acceptors (Lipinski definition) is 4. The zero-order valence-electron chi connectivity index (χ0n) is 12.7. The van der Waals surface area contributed by atoms with E-state index in [0.29, 0.717) is 19.1 Å². The first kappa shape index (κ1) is 17.0. The molecule has 6 nitrogen and oxygen atoms in total. The number of amides is 3. The van der Waals surface area contributed by atoms with Crippen LogP contribution in [-0.2, 0) is 9.53 Å². The van der Waals surface area contributed by atoms with Gasteiger partial charge in [0.1, 0.15) is 0 Å². The molecule has 21 heavy (non-hydrogen) atoms. The summed E-state index contributed by atoms with van der Waals surface area (Å²) in [7, 11) is 1.54. The van der Waals surface area contributed by atoms with Gasteiger partial charge in [0.15, 0.2) is 0 Å². The predicted octanol–water partition coefficient (Wildman–Crippen LogP) is 1.69. The van der Waals surface area contributed by atoms with Crippen LogP contribution < -0.4 is 16.0 Å². The molecule has 0 aromatic heterocycles. The maximum atomic E-state index is 11.7. The quantitative estimate of drug-likeness (QED) is 0.668. The first-order valence-electron chi connectivity index (χ1n) is 6.94. The maximum Gasteiger partial charge on any atom is 0.321 e. The molecule has 0 saturated heterocycles. The fourth-order valence-electron chi connectivity index (χ4n) is 1.82. The molecule has 6 heteroatoms. The third kappa shape index (κ3) is 6.27. The summed E-state index contributed by atoms with van der Waals surface area (Å²) < 4.78 is 4.80. The lowest BCUT2D eigenvalue weighted by Crippen LogP contribution is -2.43. The second kappa shape index (κ2) is 8.97. The zero-order valence-corrected chi connectivity index (χ0v) is 12.7. The molecular formula is C15H23N3O3. The molecule has 0 bridgehead atoms. The van der Waals surface area contributed by atoms with Crippen molar-refractivity contribution < 1.29 is 14.3 Å². The van der Waals surface area contributed by atoms with Crippen LogP contribution in [0.5, 0.6) is 0 Å². The summed E-state index contributed by atoms with van der Waals surface area (Å²) in [5.74, 6) is -0.0300. The van der Waals surface area contributed by atoms with E-state index in [0.717, 1.165) is 11.3 Å². The van der Waals surface area contributed by atoms with Crippen molar-refractivity contribution in [1.29, 1.82) is 0 Å². The van der Waals surface area contributed by atoms with Gasteiger partial charge in [-0.15, -0.1) is 0 Å². The molecule has 116 valence electrons. The van der Waals surface area contributed by atoms with E-state index in [2.05, 4.69) is 29.8 Å². The molecule has 0 radical (unpaired) electrons. The molecule has 0 aliphatic heterocycles. The number of urea groups is 1. The van der Waals surface area contributed by atoms with Gasteiger partial charge in [0, 0.05) is 19.3 Å². The number of carbonyl (C=O) groups is 2. The minimum absolute atomic E-state index is 0.0431. The molecule has 0 atom stereocenters. The number of para-hydroxylation sites is 1. The standard InChI is InChI=1S/C15H23N3O3/c1-11(2)12-6-4-5-7-13(12)17-10-14(19)18-15(20)16-8-9-21-3/h4-7,11,17H,8-10H2,1-3H3,(H2,16,18,19,20). The number of nitrogens with one attached hydrogen (secondary N) is 3. The lowest BCUT2D eigenvalue weighted by molar-refractivity contribution is -0.118. The summed E-state index contributed by atoms with van der Waals surface area (Å²) in [5.41, 5.74) is 2.04. The summed E-state index contributed by atoms with van der Waals surface area (Å²) in [6.07, 6.45) is 0. The Labute approximate surface area is 125 Å². The lowest BCUT2D eigenvalue weighted by Gasteiger charge is -2.14. The van der Waals surface area contributed by atoms with E-state index in [9.17, 15) is 9.59 Å². The predicted molar refractivity (Wildman–Crippen MR) is 82.4 cm³/mol. The molecule has 0 saturated carbocycles. The monoisotopic (exact) mass is 293 g/mol. The molecule has 0 aliphatic carbocycles. The highest BCUT2D eigenvalue weighted by molar-refractivity contribution is 5.96. The number of benzene rings is 1. The van der Waals surface area contributed by atoms with Crippen molar-refractivity contribution in [2.45, 2.75) is 19.8 Å². The summed E-state index contributed by atoms with van der Waals surface area (Å²) in [4.78, 5) is 23.1. The van der Waals surface area contributed by atoms with Crippen molar-refractivity contribution in [2.24, 2.45) is 0 Å². The van der Waals surface area contributed by atoms with Crippen LogP contribution in [0.1, 0.15) is 25.3 Å². The topological polar surface area (TPSA) is 79.5 Å². The average Bonchev–Trinajstić information content (AvgIpc) is 2.45. The molecule has 1 rings (SSSR count). The van der Waals surface area contributed by atoms with Gasteiger partial charge < -0.3 is 15.4 Å². The smallest absolute Gasteiger partial charge is 0.321 e. The van der Waals surface area contributed by atoms with Crippen molar-refractivity contribution in [1.82, 2.24) is 10.6 Å². The van der Waals surface area contributed by atoms with Crippen LogP contribution in [0.25, 0.3) is 0 Å². The van der Waals surface area contributed by atoms with Gasteiger partial charge >= 0.3 is 6.03 Å². The Hall–Kier alpha value is -2.08. The first-order valence-corrected chi connectivity index (χ1v) is 6.94. The highest BCUT2D eigenvalue weighted by Gasteiger charge is 2.09. The van der Waals surface area contributed by atoms with Crippen LogP contribution >= 0.6 is 0 Å². The van der Waals surface area contributed by atoms with Crippen molar-refractivity contribution in [2.75, 3.05) is 32.1 Å². The summed E-state index contributed by atoms with van der Waals surface area (Å²) in [6, 6.07) is 7.29. The fourth-order valence-corrected chi connectivity index (χ4v) is 1.82. The van der Waals surface area contributed by atoms with Gasteiger partial charge in [0.25, 0.3) is 0 Å². The Kier molecular flexibility index (Phi) is 7.25. The average molecular weight is 293 g/mol. The molecule has 3 amide bonds. The van der Waals surface area contributed by atoms with Gasteiger partial charge in [0.05, 0.1) is 13.2 Å². The zero-order chi connectivity index (χ0) is 15.7. The van der Waals surface area contributed by atoms with E-state index in [1.54, 1.807) is 7.11 Å². The van der Waals surface area contributed by atoms with Crippen LogP contribution in [0.4, 0.5) is 10.5 Å². The Morgan fingerprint density at radius 1 is 1.24 bits per heavy atom. The second-order valence-corrected chi connectivity index (χ2v) is 4.89. The largest absolute Gasteiger partial charge is 0.383 e. The Morgan fingerprint density at radius 3 is 2.62 bits per heavy atom. The number of methoxy groups -OCH3 is 1. The van der Waals surface area contributed by atoms with E-state index in [1.807, 2.05) is 24.3 Å². The first-order chi connectivity index (χ1) is 10.0. The molecule has 0 unspecified atom stereocenters. The normalized spacial score (nSPS) is 10.3. The highest BCUT2D eigenvalue weighted by atomic mass is 16.5. The van der Waals surface area contributed by atoms with Crippen LogP contribution in [-0.4, -0.2) is 38.7 Å². The van der Waals surface area contributed by atoms with Crippen LogP contribution in [0.3, 0.4) is 0 Å². The van der Waals surface area contributed by atoms with Crippen LogP contribution in [0, 0.1) is 0 Å². The highest BCUT2D eigenvalue weighted by Crippen LogP contribution is 2.23. The SMILES string of the molecule is COCCNC(=O)NC(=O)CNc1ccccc1C(C)C. The van der Waals surface area contributed by atoms with Crippen molar-refractivity contribution in [3.05, 3.63) is 29.8 Å². The molecule has 0 heterocycles. The number of anilines is 1. The van der Waals surface area contributed by atoms with Crippen LogP contribution in [0.2, 0.25) is 0 Å². The molecule has 0 aliphatic rings. The van der Waals surface area contributed by atoms with Gasteiger partial charge in [-0.2, -0.15) is 0 Å². The molecule has 0 spiro atoms. The van der Waals surface area contributed by atoms with Crippen LogP contribution in [0.15, 0.2) is 24.3 Å². The van der Waals surface area contributed by atoms with Gasteiger partial charge in [-0.25, -0.2) is 4.79 Å². The van der Waals surface area contributed by atoms with Gasteiger partial charge in [-0.3, -0.25) is 10.1 Å². The summed E-state index contributed by atoms with van der Waals surface area (Å²) in [5, 5.41) is 7.82. The summed E-state index contributed by atoms with van der Waals surface area (Å²) >= 11 is 0. The molecule has 3 N–H and O–H groups in total. The maximum absolute atomic E-state index is 11.7. The molecule has 1 aromatic rings. The van der Waals surface area contributed by atoms with Gasteiger partial charge in [-0.05, 0) is 17.5 Å². The van der Waals surface area contributed by atoms with Gasteiger partial charge in [0.2, 0.25) is 5.91 Å². The van der Waals surface area contributed by atoms with Crippen molar-refractivity contribution in [3.63, 3.8) is 0 Å². The van der Waals surface area contributed by atoms with Crippen molar-refractivity contribution in [3.8, 4) is 0 Å². The van der Waals surface area contributed by atoms with Gasteiger partial charge in [-0.1, -0.05) is 32.0 Å². The third-order valence-corrected chi connectivity index (χ3v) is 2.87. The summed E-state index contributed by atoms with van der Waals surface area (Å²) in [6.45, 7) is 4.98. The molecule has 0 fully saturated rings. The number of ether oxygens (including phenoxy) is 1. The Bertz CT molecular complexity index is 475. The van der Waals surface area contributed by atoms with Crippen molar-refractivity contribution >= 4 is 17.6 Å². The van der Waals surface area contributed by atoms with E-state index in [1.165, 1.54) is 0 Å². The van der Waals surface area contributed by atoms with E-state index < -0.39 is 6.03 Å². The molecule has 1 aromatic carbocycles. The van der Waals surface area contributed by atoms with E-state index >= 15 is 0 Å². The third-order valence-electron chi connectivity index (χ3n) is 2.87. The number of carbonyl (C=O) groups excluding carboxylic acids is 2. The van der Waals surface area contributed by atoms with E-state index in [4.69, 9.17) is 4.74 Å². The second-order valence-electron chi connectivity index (χ2n) is 4.89. The number of imide groups is 1.